The molecule has 0 fully saturated rings. The Balaban J connectivity index is 1.32. The largest absolute Gasteiger partial charge is 0.457 e. The molecule has 1 aliphatic carbocycles. The van der Waals surface area contributed by atoms with E-state index in [9.17, 15) is 5.11 Å². The van der Waals surface area contributed by atoms with Crippen LogP contribution in [-0.2, 0) is 6.42 Å². The highest BCUT2D eigenvalue weighted by Gasteiger charge is 2.31. The van der Waals surface area contributed by atoms with Gasteiger partial charge in [-0.05, 0) is 49.3 Å². The molecule has 0 aliphatic heterocycles. The number of nitrogens with one attached hydrogen (secondary N) is 1. The van der Waals surface area contributed by atoms with E-state index in [2.05, 4.69) is 34.3 Å². The molecule has 0 saturated carbocycles. The quantitative estimate of drug-likeness (QED) is 0.432. The number of aliphatic hydroxyl groups is 1. The first-order valence-electron chi connectivity index (χ1n) is 10.8. The molecule has 2 heterocycles. The number of hydrogen-bond acceptors (Lipinski definition) is 7. The maximum Gasteiger partial charge on any atom is 0.184 e. The minimum absolute atomic E-state index is 0.152. The molecule has 7 heteroatoms. The minimum Gasteiger partial charge on any atom is -0.457 e. The molecular weight excluding hydrogens is 432 g/mol. The monoisotopic (exact) mass is 456 g/mol. The molecule has 33 heavy (non-hydrogen) atoms. The number of ether oxygens (including phenoxy) is 1. The van der Waals surface area contributed by atoms with Gasteiger partial charge in [-0.25, -0.2) is 9.97 Å². The van der Waals surface area contributed by atoms with E-state index in [1.807, 2.05) is 61.5 Å². The molecule has 6 nitrogen and oxygen atoms in total. The second kappa shape index (κ2) is 9.20. The third-order valence-corrected chi connectivity index (χ3v) is 6.37. The molecule has 1 aliphatic rings. The summed E-state index contributed by atoms with van der Waals surface area (Å²) in [6.07, 6.45) is 1.90. The summed E-state index contributed by atoms with van der Waals surface area (Å²) in [4.78, 5) is 11.0. The molecule has 2 atom stereocenters. The number of thiazole rings is 1. The zero-order valence-corrected chi connectivity index (χ0v) is 19.3. The van der Waals surface area contributed by atoms with Crippen molar-refractivity contribution in [3.8, 4) is 23.3 Å². The highest BCUT2D eigenvalue weighted by molar-refractivity contribution is 7.22. The Hall–Kier alpha value is -3.44. The number of anilines is 1. The molecule has 166 valence electrons. The number of aromatic nitrogens is 2. The van der Waals surface area contributed by atoms with Gasteiger partial charge in [0.15, 0.2) is 5.13 Å². The number of pyridine rings is 1. The highest BCUT2D eigenvalue weighted by atomic mass is 32.1. The molecule has 0 saturated heterocycles. The van der Waals surface area contributed by atoms with E-state index >= 15 is 0 Å². The first kappa shape index (κ1) is 21.4. The maximum atomic E-state index is 10.5. The third kappa shape index (κ3) is 4.83. The number of rotatable bonds is 5. The van der Waals surface area contributed by atoms with Gasteiger partial charge in [0.25, 0.3) is 0 Å². The SMILES string of the molecule is CN(C)CC#Cc1cc(Oc2ccc3nc(N[C@@H]4c5ccccc5C[C@@H]4O)sc3c2)ccn1. The zero-order valence-electron chi connectivity index (χ0n) is 18.4. The molecule has 5 rings (SSSR count). The summed E-state index contributed by atoms with van der Waals surface area (Å²) in [6, 6.07) is 17.5. The standard InChI is InChI=1S/C26H24N4O2S/c1-30(2)13-5-7-18-15-20(11-12-27-18)32-19-9-10-22-24(16-19)33-26(28-22)29-25-21-8-4-3-6-17(21)14-23(25)31/h3-4,6,8-12,15-16,23,25,31H,13-14H2,1-2H3,(H,28,29)/t23-,25+/m0/s1. The molecule has 0 bridgehead atoms. The van der Waals surface area contributed by atoms with Gasteiger partial charge in [0.1, 0.15) is 17.2 Å². The van der Waals surface area contributed by atoms with Crippen molar-refractivity contribution in [1.82, 2.24) is 14.9 Å². The van der Waals surface area contributed by atoms with E-state index in [0.29, 0.717) is 24.4 Å². The average molecular weight is 457 g/mol. The predicted molar refractivity (Wildman–Crippen MR) is 132 cm³/mol. The molecule has 0 radical (unpaired) electrons. The number of hydrogen-bond donors (Lipinski definition) is 2. The normalized spacial score (nSPS) is 17.0. The third-order valence-electron chi connectivity index (χ3n) is 5.42. The lowest BCUT2D eigenvalue weighted by Gasteiger charge is -2.16. The fourth-order valence-corrected chi connectivity index (χ4v) is 4.81. The topological polar surface area (TPSA) is 70.5 Å². The predicted octanol–water partition coefficient (Wildman–Crippen LogP) is 4.47. The summed E-state index contributed by atoms with van der Waals surface area (Å²) >= 11 is 1.55. The Labute approximate surface area is 196 Å². The van der Waals surface area contributed by atoms with Crippen molar-refractivity contribution in [2.45, 2.75) is 18.6 Å². The second-order valence-electron chi connectivity index (χ2n) is 8.26. The van der Waals surface area contributed by atoms with Gasteiger partial charge in [0, 0.05) is 24.8 Å². The molecule has 0 unspecified atom stereocenters. The van der Waals surface area contributed by atoms with Crippen LogP contribution in [-0.4, -0.2) is 46.7 Å². The summed E-state index contributed by atoms with van der Waals surface area (Å²) in [6.45, 7) is 0.675. The van der Waals surface area contributed by atoms with E-state index in [-0.39, 0.29) is 6.04 Å². The van der Waals surface area contributed by atoms with Crippen LogP contribution in [0.25, 0.3) is 10.2 Å². The van der Waals surface area contributed by atoms with Crippen LogP contribution in [0.15, 0.2) is 60.8 Å². The van der Waals surface area contributed by atoms with Gasteiger partial charge < -0.3 is 15.2 Å². The molecule has 4 aromatic rings. The molecule has 2 aromatic carbocycles. The Morgan fingerprint density at radius 1 is 1.15 bits per heavy atom. The number of benzene rings is 2. The highest BCUT2D eigenvalue weighted by Crippen LogP contribution is 2.37. The Kier molecular flexibility index (Phi) is 5.97. The van der Waals surface area contributed by atoms with Gasteiger partial charge in [-0.1, -0.05) is 41.5 Å². The van der Waals surface area contributed by atoms with E-state index in [4.69, 9.17) is 9.72 Å². The molecule has 0 spiro atoms. The fraction of sp³-hybridized carbons (Fsp3) is 0.231. The summed E-state index contributed by atoms with van der Waals surface area (Å²) in [7, 11) is 3.96. The smallest absolute Gasteiger partial charge is 0.184 e. The van der Waals surface area contributed by atoms with Crippen LogP contribution in [0.3, 0.4) is 0 Å². The molecule has 2 aromatic heterocycles. The van der Waals surface area contributed by atoms with Gasteiger partial charge in [-0.3, -0.25) is 4.90 Å². The van der Waals surface area contributed by atoms with Crippen LogP contribution in [0.2, 0.25) is 0 Å². The summed E-state index contributed by atoms with van der Waals surface area (Å²) in [5, 5.41) is 14.7. The number of fused-ring (bicyclic) bond motifs is 2. The van der Waals surface area contributed by atoms with E-state index in [1.165, 1.54) is 5.56 Å². The number of aliphatic hydroxyl groups excluding tert-OH is 1. The molecular formula is C26H24N4O2S. The lowest BCUT2D eigenvalue weighted by molar-refractivity contribution is 0.166. The van der Waals surface area contributed by atoms with Gasteiger partial charge in [0.2, 0.25) is 0 Å². The Morgan fingerprint density at radius 2 is 2.00 bits per heavy atom. The maximum absolute atomic E-state index is 10.5. The van der Waals surface area contributed by atoms with Gasteiger partial charge in [0.05, 0.1) is 28.9 Å². The lowest BCUT2D eigenvalue weighted by atomic mass is 10.1. The van der Waals surface area contributed by atoms with Crippen molar-refractivity contribution >= 4 is 26.7 Å². The average Bonchev–Trinajstić information content (AvgIpc) is 3.34. The van der Waals surface area contributed by atoms with E-state index in [1.54, 1.807) is 17.5 Å². The Morgan fingerprint density at radius 3 is 2.88 bits per heavy atom. The molecule has 2 N–H and O–H groups in total. The van der Waals surface area contributed by atoms with Crippen molar-refractivity contribution < 1.29 is 9.84 Å². The minimum atomic E-state index is -0.463. The second-order valence-corrected chi connectivity index (χ2v) is 9.29. The van der Waals surface area contributed by atoms with E-state index in [0.717, 1.165) is 26.7 Å². The van der Waals surface area contributed by atoms with Crippen molar-refractivity contribution in [2.24, 2.45) is 0 Å². The summed E-state index contributed by atoms with van der Waals surface area (Å²) in [5.74, 6) is 7.56. The molecule has 0 amide bonds. The van der Waals surface area contributed by atoms with Crippen molar-refractivity contribution in [1.29, 1.82) is 0 Å². The van der Waals surface area contributed by atoms with Gasteiger partial charge >= 0.3 is 0 Å². The van der Waals surface area contributed by atoms with Crippen LogP contribution in [0.4, 0.5) is 5.13 Å². The van der Waals surface area contributed by atoms with Crippen molar-refractivity contribution in [3.63, 3.8) is 0 Å². The van der Waals surface area contributed by atoms with Gasteiger partial charge in [-0.2, -0.15) is 0 Å². The van der Waals surface area contributed by atoms with Crippen LogP contribution in [0.1, 0.15) is 22.9 Å². The van der Waals surface area contributed by atoms with Gasteiger partial charge in [-0.15, -0.1) is 0 Å². The van der Waals surface area contributed by atoms with Crippen LogP contribution in [0.5, 0.6) is 11.5 Å². The van der Waals surface area contributed by atoms with Crippen LogP contribution >= 0.6 is 11.3 Å². The van der Waals surface area contributed by atoms with E-state index < -0.39 is 6.10 Å². The first-order valence-corrected chi connectivity index (χ1v) is 11.6. The number of nitrogens with zero attached hydrogens (tertiary/aromatic N) is 3. The van der Waals surface area contributed by atoms with Crippen LogP contribution in [0, 0.1) is 11.8 Å². The Bertz CT molecular complexity index is 1360. The zero-order chi connectivity index (χ0) is 22.8. The lowest BCUT2D eigenvalue weighted by Crippen LogP contribution is -2.20. The van der Waals surface area contributed by atoms with Crippen LogP contribution < -0.4 is 10.1 Å². The summed E-state index contributed by atoms with van der Waals surface area (Å²) < 4.78 is 7.07. The van der Waals surface area contributed by atoms with Crippen molar-refractivity contribution in [3.05, 3.63) is 77.6 Å². The van der Waals surface area contributed by atoms with Crippen molar-refractivity contribution in [2.75, 3.05) is 26.0 Å². The first-order chi connectivity index (χ1) is 16.0. The fourth-order valence-electron chi connectivity index (χ4n) is 3.88. The summed E-state index contributed by atoms with van der Waals surface area (Å²) in [5.41, 5.74) is 3.88.